The highest BCUT2D eigenvalue weighted by molar-refractivity contribution is 5.80. The van der Waals surface area contributed by atoms with Gasteiger partial charge in [-0.15, -0.1) is 0 Å². The first kappa shape index (κ1) is 14.2. The Hall–Kier alpha value is -1.75. The van der Waals surface area contributed by atoms with Crippen LogP contribution in [0, 0.1) is 0 Å². The summed E-state index contributed by atoms with van der Waals surface area (Å²) in [5.74, 6) is 1.71. The molecule has 3 unspecified atom stereocenters. The van der Waals surface area contributed by atoms with Crippen molar-refractivity contribution in [3.05, 3.63) is 29.8 Å². The predicted molar refractivity (Wildman–Crippen MR) is 82.6 cm³/mol. The molecular formula is C16H23N3O2. The number of guanidine groups is 1. The Bertz CT molecular complexity index is 518. The van der Waals surface area contributed by atoms with E-state index in [-0.39, 0.29) is 0 Å². The summed E-state index contributed by atoms with van der Waals surface area (Å²) in [7, 11) is 3.48. The quantitative estimate of drug-likeness (QED) is 0.654. The van der Waals surface area contributed by atoms with Gasteiger partial charge in [0.25, 0.3) is 0 Å². The minimum atomic E-state index is 0.352. The Labute approximate surface area is 125 Å². The van der Waals surface area contributed by atoms with Gasteiger partial charge in [-0.1, -0.05) is 12.1 Å². The van der Waals surface area contributed by atoms with Crippen LogP contribution in [-0.2, 0) is 11.3 Å². The van der Waals surface area contributed by atoms with Gasteiger partial charge in [-0.2, -0.15) is 0 Å². The number of hydrogen-bond acceptors (Lipinski definition) is 3. The van der Waals surface area contributed by atoms with Gasteiger partial charge in [-0.3, -0.25) is 4.99 Å². The van der Waals surface area contributed by atoms with E-state index in [4.69, 9.17) is 9.47 Å². The highest BCUT2D eigenvalue weighted by Gasteiger charge is 2.41. The number of nitrogens with one attached hydrogen (secondary N) is 2. The maximum absolute atomic E-state index is 5.86. The van der Waals surface area contributed by atoms with E-state index in [1.54, 1.807) is 14.2 Å². The maximum atomic E-state index is 5.86. The number of benzene rings is 1. The standard InChI is InChI=1S/C16H23N3O2/c1-17-16(19-14-9-13-6-7-15(14)21-13)18-10-11-4-3-5-12(8-11)20-2/h3-5,8,13-15H,6-7,9-10H2,1-2H3,(H2,17,18,19). The van der Waals surface area contributed by atoms with Crippen LogP contribution in [0.25, 0.3) is 0 Å². The highest BCUT2D eigenvalue weighted by Crippen LogP contribution is 2.34. The molecule has 1 aromatic rings. The smallest absolute Gasteiger partial charge is 0.191 e. The van der Waals surface area contributed by atoms with Gasteiger partial charge in [0.1, 0.15) is 5.75 Å². The number of methoxy groups -OCH3 is 1. The highest BCUT2D eigenvalue weighted by atomic mass is 16.5. The van der Waals surface area contributed by atoms with E-state index in [9.17, 15) is 0 Å². The topological polar surface area (TPSA) is 54.9 Å². The van der Waals surface area contributed by atoms with Crippen molar-refractivity contribution in [2.75, 3.05) is 14.2 Å². The van der Waals surface area contributed by atoms with Crippen LogP contribution >= 0.6 is 0 Å². The van der Waals surface area contributed by atoms with Crippen molar-refractivity contribution in [1.82, 2.24) is 10.6 Å². The van der Waals surface area contributed by atoms with Gasteiger partial charge >= 0.3 is 0 Å². The summed E-state index contributed by atoms with van der Waals surface area (Å²) in [4.78, 5) is 4.30. The summed E-state index contributed by atoms with van der Waals surface area (Å²) in [6.45, 7) is 0.721. The van der Waals surface area contributed by atoms with E-state index >= 15 is 0 Å². The molecule has 0 saturated carbocycles. The molecule has 0 aromatic heterocycles. The molecule has 2 bridgehead atoms. The summed E-state index contributed by atoms with van der Waals surface area (Å²) in [6, 6.07) is 8.43. The fraction of sp³-hybridized carbons (Fsp3) is 0.562. The predicted octanol–water partition coefficient (Wildman–Crippen LogP) is 1.68. The molecule has 5 nitrogen and oxygen atoms in total. The second kappa shape index (κ2) is 6.35. The molecule has 0 radical (unpaired) electrons. The summed E-state index contributed by atoms with van der Waals surface area (Å²) in [5.41, 5.74) is 1.17. The molecule has 2 aliphatic rings. The fourth-order valence-electron chi connectivity index (χ4n) is 3.13. The molecular weight excluding hydrogens is 266 g/mol. The van der Waals surface area contributed by atoms with Gasteiger partial charge in [0, 0.05) is 13.6 Å². The van der Waals surface area contributed by atoms with Crippen LogP contribution in [0.3, 0.4) is 0 Å². The molecule has 2 N–H and O–H groups in total. The van der Waals surface area contributed by atoms with Crippen LogP contribution in [0.1, 0.15) is 24.8 Å². The molecule has 0 spiro atoms. The summed E-state index contributed by atoms with van der Waals surface area (Å²) in [5, 5.41) is 6.83. The monoisotopic (exact) mass is 289 g/mol. The largest absolute Gasteiger partial charge is 0.497 e. The number of fused-ring (bicyclic) bond motifs is 2. The first-order valence-electron chi connectivity index (χ1n) is 7.54. The van der Waals surface area contributed by atoms with Gasteiger partial charge in [0.15, 0.2) is 5.96 Å². The number of ether oxygens (including phenoxy) is 2. The minimum absolute atomic E-state index is 0.352. The Balaban J connectivity index is 1.53. The molecule has 2 fully saturated rings. The lowest BCUT2D eigenvalue weighted by Crippen LogP contribution is -2.47. The van der Waals surface area contributed by atoms with Crippen LogP contribution in [0.4, 0.5) is 0 Å². The number of aliphatic imine (C=N–C) groups is 1. The van der Waals surface area contributed by atoms with Gasteiger partial charge in [0.2, 0.25) is 0 Å². The SMILES string of the molecule is CN=C(NCc1cccc(OC)c1)NC1CC2CCC1O2. The Morgan fingerprint density at radius 2 is 2.33 bits per heavy atom. The van der Waals surface area contributed by atoms with E-state index in [0.29, 0.717) is 18.2 Å². The minimum Gasteiger partial charge on any atom is -0.497 e. The van der Waals surface area contributed by atoms with Gasteiger partial charge < -0.3 is 20.1 Å². The molecule has 2 heterocycles. The van der Waals surface area contributed by atoms with E-state index in [1.165, 1.54) is 12.0 Å². The molecule has 2 saturated heterocycles. The van der Waals surface area contributed by atoms with Gasteiger partial charge in [-0.05, 0) is 37.0 Å². The normalized spacial score (nSPS) is 27.7. The number of hydrogen-bond donors (Lipinski definition) is 2. The third-order valence-electron chi connectivity index (χ3n) is 4.25. The van der Waals surface area contributed by atoms with E-state index < -0.39 is 0 Å². The Morgan fingerprint density at radius 1 is 1.43 bits per heavy atom. The first-order valence-corrected chi connectivity index (χ1v) is 7.54. The first-order chi connectivity index (χ1) is 10.3. The maximum Gasteiger partial charge on any atom is 0.191 e. The molecule has 2 aliphatic heterocycles. The zero-order chi connectivity index (χ0) is 14.7. The zero-order valence-corrected chi connectivity index (χ0v) is 12.6. The molecule has 5 heteroatoms. The molecule has 3 atom stereocenters. The third-order valence-corrected chi connectivity index (χ3v) is 4.25. The third kappa shape index (κ3) is 3.29. The van der Waals surface area contributed by atoms with Crippen molar-refractivity contribution in [2.24, 2.45) is 4.99 Å². The second-order valence-corrected chi connectivity index (χ2v) is 5.64. The van der Waals surface area contributed by atoms with Crippen molar-refractivity contribution in [1.29, 1.82) is 0 Å². The summed E-state index contributed by atoms with van der Waals surface area (Å²) >= 11 is 0. The van der Waals surface area contributed by atoms with Crippen molar-refractivity contribution >= 4 is 5.96 Å². The lowest BCUT2D eigenvalue weighted by Gasteiger charge is -2.22. The molecule has 1 aromatic carbocycles. The van der Waals surface area contributed by atoms with Crippen LogP contribution in [0.15, 0.2) is 29.3 Å². The number of nitrogens with zero attached hydrogens (tertiary/aromatic N) is 1. The lowest BCUT2D eigenvalue weighted by atomic mass is 9.96. The van der Waals surface area contributed by atoms with Gasteiger partial charge in [0.05, 0.1) is 25.4 Å². The van der Waals surface area contributed by atoms with E-state index in [1.807, 2.05) is 18.2 Å². The summed E-state index contributed by atoms with van der Waals surface area (Å²) < 4.78 is 11.1. The van der Waals surface area contributed by atoms with Gasteiger partial charge in [-0.25, -0.2) is 0 Å². The Morgan fingerprint density at radius 3 is 3.00 bits per heavy atom. The van der Waals surface area contributed by atoms with Crippen molar-refractivity contribution in [3.63, 3.8) is 0 Å². The zero-order valence-electron chi connectivity index (χ0n) is 12.6. The average molecular weight is 289 g/mol. The van der Waals surface area contributed by atoms with Crippen LogP contribution in [-0.4, -0.2) is 38.4 Å². The van der Waals surface area contributed by atoms with Crippen molar-refractivity contribution in [3.8, 4) is 5.75 Å². The molecule has 0 aliphatic carbocycles. The van der Waals surface area contributed by atoms with Crippen molar-refractivity contribution in [2.45, 2.75) is 44.1 Å². The fourth-order valence-corrected chi connectivity index (χ4v) is 3.13. The van der Waals surface area contributed by atoms with Crippen LogP contribution in [0.2, 0.25) is 0 Å². The Kier molecular flexibility index (Phi) is 4.29. The molecule has 3 rings (SSSR count). The molecule has 0 amide bonds. The van der Waals surface area contributed by atoms with E-state index in [2.05, 4.69) is 21.7 Å². The molecule has 21 heavy (non-hydrogen) atoms. The molecule has 114 valence electrons. The summed E-state index contributed by atoms with van der Waals surface area (Å²) in [6.07, 6.45) is 4.26. The second-order valence-electron chi connectivity index (χ2n) is 5.64. The van der Waals surface area contributed by atoms with E-state index in [0.717, 1.165) is 31.1 Å². The van der Waals surface area contributed by atoms with Crippen molar-refractivity contribution < 1.29 is 9.47 Å². The van der Waals surface area contributed by atoms with Crippen LogP contribution in [0.5, 0.6) is 5.75 Å². The lowest BCUT2D eigenvalue weighted by molar-refractivity contribution is 0.0992. The van der Waals surface area contributed by atoms with Crippen LogP contribution < -0.4 is 15.4 Å². The number of rotatable bonds is 4. The average Bonchev–Trinajstić information content (AvgIpc) is 3.14.